The van der Waals surface area contributed by atoms with Gasteiger partial charge >= 0.3 is 0 Å². The Morgan fingerprint density at radius 3 is 2.65 bits per heavy atom. The maximum Gasteiger partial charge on any atom is 0.264 e. The first-order valence-corrected chi connectivity index (χ1v) is 8.35. The summed E-state index contributed by atoms with van der Waals surface area (Å²) in [5.41, 5.74) is 1.47. The van der Waals surface area contributed by atoms with Gasteiger partial charge in [-0.25, -0.2) is 4.98 Å². The zero-order chi connectivity index (χ0) is 18.3. The van der Waals surface area contributed by atoms with Gasteiger partial charge in [-0.2, -0.15) is 5.10 Å². The van der Waals surface area contributed by atoms with Crippen molar-refractivity contribution in [2.24, 2.45) is 7.05 Å². The van der Waals surface area contributed by atoms with Crippen LogP contribution < -0.4 is 10.5 Å². The largest absolute Gasteiger partial charge is 0.312 e. The van der Waals surface area contributed by atoms with Gasteiger partial charge in [-0.05, 0) is 30.7 Å². The molecule has 0 spiro atoms. The van der Waals surface area contributed by atoms with Gasteiger partial charge in [0.15, 0.2) is 11.4 Å². The summed E-state index contributed by atoms with van der Waals surface area (Å²) in [5.74, 6) is -0.0945. The summed E-state index contributed by atoms with van der Waals surface area (Å²) in [4.78, 5) is 42.7. The molecule has 3 heterocycles. The van der Waals surface area contributed by atoms with Crippen LogP contribution in [-0.4, -0.2) is 37.6 Å². The maximum atomic E-state index is 12.5. The molecule has 4 rings (SSSR count). The number of benzene rings is 1. The van der Waals surface area contributed by atoms with Crippen LogP contribution in [0.1, 0.15) is 23.2 Å². The highest BCUT2D eigenvalue weighted by molar-refractivity contribution is 5.98. The van der Waals surface area contributed by atoms with Gasteiger partial charge < -0.3 is 4.90 Å². The van der Waals surface area contributed by atoms with Crippen molar-refractivity contribution in [2.45, 2.75) is 19.4 Å². The number of fused-ring (bicyclic) bond motifs is 1. The standard InChI is InChI=1S/C18H17N5O3/c1-21-17-14(9-20-21)18(26)22(11-19-17)10-15(24)12-4-6-13(7-5-12)23-8-2-3-16(23)25/h4-7,9,11H,2-3,8,10H2,1H3. The molecular weight excluding hydrogens is 334 g/mol. The predicted molar refractivity (Wildman–Crippen MR) is 95.1 cm³/mol. The fourth-order valence-corrected chi connectivity index (χ4v) is 3.17. The van der Waals surface area contributed by atoms with Gasteiger partial charge in [0.05, 0.1) is 12.7 Å². The Bertz CT molecular complexity index is 1060. The van der Waals surface area contributed by atoms with Gasteiger partial charge in [-0.15, -0.1) is 0 Å². The van der Waals surface area contributed by atoms with Crippen LogP contribution in [0.4, 0.5) is 5.69 Å². The van der Waals surface area contributed by atoms with Crippen LogP contribution in [0.2, 0.25) is 0 Å². The lowest BCUT2D eigenvalue weighted by Gasteiger charge is -2.15. The molecule has 0 unspecified atom stereocenters. The Balaban J connectivity index is 1.56. The summed E-state index contributed by atoms with van der Waals surface area (Å²) < 4.78 is 2.80. The van der Waals surface area contributed by atoms with Gasteiger partial charge in [0.2, 0.25) is 5.91 Å². The Morgan fingerprint density at radius 2 is 1.96 bits per heavy atom. The number of rotatable bonds is 4. The van der Waals surface area contributed by atoms with Crippen LogP contribution in [0.3, 0.4) is 0 Å². The minimum atomic E-state index is -0.296. The lowest BCUT2D eigenvalue weighted by molar-refractivity contribution is -0.117. The zero-order valence-corrected chi connectivity index (χ0v) is 14.3. The molecule has 1 amide bonds. The van der Waals surface area contributed by atoms with Crippen molar-refractivity contribution >= 4 is 28.4 Å². The molecule has 0 N–H and O–H groups in total. The Morgan fingerprint density at radius 1 is 1.19 bits per heavy atom. The molecule has 1 saturated heterocycles. The summed E-state index contributed by atoms with van der Waals surface area (Å²) in [6.45, 7) is 0.608. The van der Waals surface area contributed by atoms with Crippen molar-refractivity contribution in [3.8, 4) is 0 Å². The molecule has 1 aliphatic heterocycles. The van der Waals surface area contributed by atoms with Crippen molar-refractivity contribution in [2.75, 3.05) is 11.4 Å². The second kappa shape index (κ2) is 6.21. The molecule has 0 bridgehead atoms. The number of amides is 1. The quantitative estimate of drug-likeness (QED) is 0.658. The van der Waals surface area contributed by atoms with E-state index >= 15 is 0 Å². The molecule has 2 aromatic heterocycles. The number of Topliss-reactive ketones (excluding diaryl/α,β-unsaturated/α-hetero) is 1. The number of ketones is 1. The van der Waals surface area contributed by atoms with Crippen molar-refractivity contribution in [1.82, 2.24) is 19.3 Å². The van der Waals surface area contributed by atoms with Crippen LogP contribution in [0.25, 0.3) is 11.0 Å². The normalized spacial score (nSPS) is 14.3. The van der Waals surface area contributed by atoms with Gasteiger partial charge in [-0.3, -0.25) is 23.6 Å². The first-order valence-electron chi connectivity index (χ1n) is 8.35. The molecule has 0 aliphatic carbocycles. The molecule has 3 aromatic rings. The van der Waals surface area contributed by atoms with Crippen LogP contribution in [0.5, 0.6) is 0 Å². The fourth-order valence-electron chi connectivity index (χ4n) is 3.17. The molecule has 8 heteroatoms. The molecule has 0 atom stereocenters. The van der Waals surface area contributed by atoms with Gasteiger partial charge in [0, 0.05) is 31.3 Å². The second-order valence-corrected chi connectivity index (χ2v) is 6.30. The number of anilines is 1. The van der Waals surface area contributed by atoms with Crippen molar-refractivity contribution < 1.29 is 9.59 Å². The summed E-state index contributed by atoms with van der Waals surface area (Å²) >= 11 is 0. The third kappa shape index (κ3) is 2.69. The molecule has 1 aromatic carbocycles. The molecule has 1 aliphatic rings. The summed E-state index contributed by atoms with van der Waals surface area (Å²) in [5, 5.41) is 4.39. The summed E-state index contributed by atoms with van der Waals surface area (Å²) in [6, 6.07) is 6.90. The summed E-state index contributed by atoms with van der Waals surface area (Å²) in [6.07, 6.45) is 4.23. The zero-order valence-electron chi connectivity index (χ0n) is 14.3. The Kier molecular flexibility index (Phi) is 3.87. The van der Waals surface area contributed by atoms with E-state index in [9.17, 15) is 14.4 Å². The van der Waals surface area contributed by atoms with E-state index in [1.807, 2.05) is 0 Å². The third-order valence-electron chi connectivity index (χ3n) is 4.61. The Labute approximate surface area is 148 Å². The highest BCUT2D eigenvalue weighted by atomic mass is 16.2. The summed E-state index contributed by atoms with van der Waals surface area (Å²) in [7, 11) is 1.71. The van der Waals surface area contributed by atoms with E-state index in [1.165, 1.54) is 21.8 Å². The number of aryl methyl sites for hydroxylation is 1. The molecule has 0 radical (unpaired) electrons. The number of hydrogen-bond acceptors (Lipinski definition) is 5. The first-order chi connectivity index (χ1) is 12.5. The second-order valence-electron chi connectivity index (χ2n) is 6.30. The first kappa shape index (κ1) is 16.2. The molecule has 132 valence electrons. The average Bonchev–Trinajstić information content (AvgIpc) is 3.24. The molecular formula is C18H17N5O3. The van der Waals surface area contributed by atoms with Crippen LogP contribution >= 0.6 is 0 Å². The van der Waals surface area contributed by atoms with E-state index < -0.39 is 0 Å². The van der Waals surface area contributed by atoms with Crippen molar-refractivity contribution in [3.05, 3.63) is 52.7 Å². The number of carbonyl (C=O) groups is 2. The van der Waals surface area contributed by atoms with E-state index in [0.29, 0.717) is 29.6 Å². The minimum Gasteiger partial charge on any atom is -0.312 e. The van der Waals surface area contributed by atoms with E-state index in [-0.39, 0.29) is 23.8 Å². The number of nitrogens with zero attached hydrogens (tertiary/aromatic N) is 5. The highest BCUT2D eigenvalue weighted by Gasteiger charge is 2.21. The van der Waals surface area contributed by atoms with Gasteiger partial charge in [0.25, 0.3) is 5.56 Å². The van der Waals surface area contributed by atoms with Gasteiger partial charge in [0.1, 0.15) is 11.7 Å². The minimum absolute atomic E-state index is 0.0986. The number of aromatic nitrogens is 4. The maximum absolute atomic E-state index is 12.5. The van der Waals surface area contributed by atoms with Crippen LogP contribution in [-0.2, 0) is 18.4 Å². The SMILES string of the molecule is Cn1ncc2c(=O)n(CC(=O)c3ccc(N4CCCC4=O)cc3)cnc21. The highest BCUT2D eigenvalue weighted by Crippen LogP contribution is 2.21. The fraction of sp³-hybridized carbons (Fsp3) is 0.278. The smallest absolute Gasteiger partial charge is 0.264 e. The monoisotopic (exact) mass is 351 g/mol. The lowest BCUT2D eigenvalue weighted by Crippen LogP contribution is -2.25. The van der Waals surface area contributed by atoms with E-state index in [4.69, 9.17) is 0 Å². The van der Waals surface area contributed by atoms with Crippen molar-refractivity contribution in [3.63, 3.8) is 0 Å². The Hall–Kier alpha value is -3.29. The molecule has 0 saturated carbocycles. The van der Waals surface area contributed by atoms with E-state index in [1.54, 1.807) is 36.2 Å². The van der Waals surface area contributed by atoms with E-state index in [0.717, 1.165) is 12.1 Å². The third-order valence-corrected chi connectivity index (χ3v) is 4.61. The van der Waals surface area contributed by atoms with Gasteiger partial charge in [-0.1, -0.05) is 0 Å². The molecule has 1 fully saturated rings. The van der Waals surface area contributed by atoms with E-state index in [2.05, 4.69) is 10.1 Å². The number of carbonyl (C=O) groups excluding carboxylic acids is 2. The van der Waals surface area contributed by atoms with Crippen LogP contribution in [0.15, 0.2) is 41.6 Å². The predicted octanol–water partition coefficient (Wildman–Crippen LogP) is 1.14. The number of hydrogen-bond donors (Lipinski definition) is 0. The lowest BCUT2D eigenvalue weighted by atomic mass is 10.1. The van der Waals surface area contributed by atoms with Crippen LogP contribution in [0, 0.1) is 0 Å². The molecule has 8 nitrogen and oxygen atoms in total. The topological polar surface area (TPSA) is 90.1 Å². The molecule has 26 heavy (non-hydrogen) atoms. The van der Waals surface area contributed by atoms with Crippen molar-refractivity contribution in [1.29, 1.82) is 0 Å². The average molecular weight is 351 g/mol.